The first-order valence-corrected chi connectivity index (χ1v) is 3.17. The van der Waals surface area contributed by atoms with Crippen LogP contribution >= 0.6 is 0 Å². The molecule has 4 heteroatoms. The van der Waals surface area contributed by atoms with Gasteiger partial charge in [-0.1, -0.05) is 0 Å². The quantitative estimate of drug-likeness (QED) is 0.462. The van der Waals surface area contributed by atoms with Gasteiger partial charge in [0.2, 0.25) is 6.23 Å². The lowest BCUT2D eigenvalue weighted by molar-refractivity contribution is 0.245. The summed E-state index contributed by atoms with van der Waals surface area (Å²) in [6.45, 7) is 3.78. The maximum absolute atomic E-state index is 8.89. The maximum atomic E-state index is 8.89. The highest BCUT2D eigenvalue weighted by Gasteiger charge is 1.93. The molecule has 0 heterocycles. The molecule has 4 nitrogen and oxygen atoms in total. The standard InChI is InChI=1S/C6H13N3O/c1-5(2)8-9-6(10)4-7-3/h4-6,10H,1-3H3. The molecule has 0 aliphatic rings. The zero-order valence-corrected chi connectivity index (χ0v) is 6.52. The van der Waals surface area contributed by atoms with E-state index in [9.17, 15) is 0 Å². The van der Waals surface area contributed by atoms with Crippen LogP contribution in [0.5, 0.6) is 0 Å². The maximum Gasteiger partial charge on any atom is 0.201 e. The van der Waals surface area contributed by atoms with Crippen molar-refractivity contribution < 1.29 is 5.11 Å². The van der Waals surface area contributed by atoms with E-state index >= 15 is 0 Å². The van der Waals surface area contributed by atoms with Crippen molar-refractivity contribution in [3.63, 3.8) is 0 Å². The third kappa shape index (κ3) is 5.37. The summed E-state index contributed by atoms with van der Waals surface area (Å²) in [5.74, 6) is 0. The predicted octanol–water partition coefficient (Wildman–Crippen LogP) is 0.866. The van der Waals surface area contributed by atoms with Crippen LogP contribution in [0.25, 0.3) is 0 Å². The Morgan fingerprint density at radius 1 is 1.30 bits per heavy atom. The van der Waals surface area contributed by atoms with E-state index < -0.39 is 6.23 Å². The van der Waals surface area contributed by atoms with Crippen molar-refractivity contribution >= 4 is 6.21 Å². The number of hydrogen-bond donors (Lipinski definition) is 1. The highest BCUT2D eigenvalue weighted by Crippen LogP contribution is 1.89. The normalized spacial score (nSPS) is 15.7. The highest BCUT2D eigenvalue weighted by molar-refractivity contribution is 5.61. The van der Waals surface area contributed by atoms with Crippen LogP contribution in [-0.4, -0.2) is 30.6 Å². The predicted molar refractivity (Wildman–Crippen MR) is 40.4 cm³/mol. The van der Waals surface area contributed by atoms with Gasteiger partial charge in [0.1, 0.15) is 0 Å². The van der Waals surface area contributed by atoms with Crippen molar-refractivity contribution in [3.8, 4) is 0 Å². The molecule has 1 unspecified atom stereocenters. The highest BCUT2D eigenvalue weighted by atomic mass is 16.3. The molecule has 0 amide bonds. The van der Waals surface area contributed by atoms with Crippen LogP contribution < -0.4 is 0 Å². The number of aliphatic hydroxyl groups excluding tert-OH is 1. The van der Waals surface area contributed by atoms with Crippen molar-refractivity contribution in [2.24, 2.45) is 15.2 Å². The second-order valence-corrected chi connectivity index (χ2v) is 2.15. The van der Waals surface area contributed by atoms with Gasteiger partial charge in [-0.3, -0.25) is 4.99 Å². The van der Waals surface area contributed by atoms with Gasteiger partial charge in [0, 0.05) is 7.05 Å². The Hall–Kier alpha value is -0.770. The van der Waals surface area contributed by atoms with E-state index in [4.69, 9.17) is 5.11 Å². The van der Waals surface area contributed by atoms with E-state index in [1.165, 1.54) is 6.21 Å². The van der Waals surface area contributed by atoms with Crippen LogP contribution in [0.15, 0.2) is 15.2 Å². The molecule has 0 fully saturated rings. The van der Waals surface area contributed by atoms with Crippen molar-refractivity contribution in [2.45, 2.75) is 26.1 Å². The third-order valence-corrected chi connectivity index (χ3v) is 0.698. The molecule has 0 aromatic carbocycles. The molecule has 0 saturated carbocycles. The third-order valence-electron chi connectivity index (χ3n) is 0.698. The lowest BCUT2D eigenvalue weighted by atomic mass is 10.4. The molecule has 0 aromatic rings. The van der Waals surface area contributed by atoms with E-state index in [-0.39, 0.29) is 6.04 Å². The van der Waals surface area contributed by atoms with Gasteiger partial charge in [-0.15, -0.1) is 0 Å². The Morgan fingerprint density at radius 2 is 1.90 bits per heavy atom. The Kier molecular flexibility index (Phi) is 4.66. The van der Waals surface area contributed by atoms with E-state index in [0.717, 1.165) is 0 Å². The molecule has 0 bridgehead atoms. The molecule has 0 rings (SSSR count). The van der Waals surface area contributed by atoms with Gasteiger partial charge in [0.25, 0.3) is 0 Å². The fourth-order valence-corrected chi connectivity index (χ4v) is 0.365. The number of aliphatic hydroxyl groups is 1. The minimum absolute atomic E-state index is 0.125. The topological polar surface area (TPSA) is 57.3 Å². The Bertz CT molecular complexity index is 131. The zero-order chi connectivity index (χ0) is 7.98. The van der Waals surface area contributed by atoms with Gasteiger partial charge in [0.15, 0.2) is 0 Å². The van der Waals surface area contributed by atoms with Crippen molar-refractivity contribution in [2.75, 3.05) is 7.05 Å². The van der Waals surface area contributed by atoms with Gasteiger partial charge >= 0.3 is 0 Å². The number of azo groups is 1. The summed E-state index contributed by atoms with van der Waals surface area (Å²) in [6, 6.07) is 0.125. The van der Waals surface area contributed by atoms with Crippen LogP contribution in [0.3, 0.4) is 0 Å². The number of hydrogen-bond acceptors (Lipinski definition) is 4. The monoisotopic (exact) mass is 143 g/mol. The fourth-order valence-electron chi connectivity index (χ4n) is 0.365. The summed E-state index contributed by atoms with van der Waals surface area (Å²) in [5.41, 5.74) is 0. The molecule has 0 radical (unpaired) electrons. The molecule has 0 spiro atoms. The van der Waals surface area contributed by atoms with Crippen molar-refractivity contribution in [1.29, 1.82) is 0 Å². The molecule has 10 heavy (non-hydrogen) atoms. The smallest absolute Gasteiger partial charge is 0.201 e. The van der Waals surface area contributed by atoms with Gasteiger partial charge < -0.3 is 5.11 Å². The van der Waals surface area contributed by atoms with Gasteiger partial charge in [-0.05, 0) is 13.8 Å². The van der Waals surface area contributed by atoms with E-state index in [2.05, 4.69) is 15.2 Å². The second-order valence-electron chi connectivity index (χ2n) is 2.15. The molecule has 58 valence electrons. The molecule has 1 N–H and O–H groups in total. The summed E-state index contributed by atoms with van der Waals surface area (Å²) < 4.78 is 0. The number of nitrogens with zero attached hydrogens (tertiary/aromatic N) is 3. The van der Waals surface area contributed by atoms with E-state index in [1.54, 1.807) is 7.05 Å². The fraction of sp³-hybridized carbons (Fsp3) is 0.833. The SMILES string of the molecule is CN=CC(O)N=NC(C)C. The van der Waals surface area contributed by atoms with Crippen LogP contribution in [0.1, 0.15) is 13.8 Å². The minimum Gasteiger partial charge on any atom is -0.366 e. The van der Waals surface area contributed by atoms with Crippen molar-refractivity contribution in [3.05, 3.63) is 0 Å². The van der Waals surface area contributed by atoms with Gasteiger partial charge in [-0.25, -0.2) is 0 Å². The Labute approximate surface area is 60.7 Å². The molecular weight excluding hydrogens is 130 g/mol. The molecule has 0 saturated heterocycles. The first kappa shape index (κ1) is 9.23. The first-order chi connectivity index (χ1) is 4.66. The zero-order valence-electron chi connectivity index (χ0n) is 6.52. The summed E-state index contributed by atoms with van der Waals surface area (Å²) in [5, 5.41) is 16.2. The summed E-state index contributed by atoms with van der Waals surface area (Å²) >= 11 is 0. The van der Waals surface area contributed by atoms with Crippen LogP contribution in [0, 0.1) is 0 Å². The Morgan fingerprint density at radius 3 is 2.30 bits per heavy atom. The average molecular weight is 143 g/mol. The average Bonchev–Trinajstić information content (AvgIpc) is 1.85. The minimum atomic E-state index is -0.882. The molecular formula is C6H13N3O. The molecule has 0 aromatic heterocycles. The summed E-state index contributed by atoms with van der Waals surface area (Å²) in [6.07, 6.45) is 0.443. The van der Waals surface area contributed by atoms with E-state index in [1.807, 2.05) is 13.8 Å². The molecule has 0 aliphatic heterocycles. The number of aliphatic imine (C=N–C) groups is 1. The summed E-state index contributed by atoms with van der Waals surface area (Å²) in [7, 11) is 1.58. The van der Waals surface area contributed by atoms with Gasteiger partial charge in [0.05, 0.1) is 12.3 Å². The largest absolute Gasteiger partial charge is 0.366 e. The van der Waals surface area contributed by atoms with Crippen LogP contribution in [-0.2, 0) is 0 Å². The molecule has 0 aliphatic carbocycles. The van der Waals surface area contributed by atoms with Crippen LogP contribution in [0.2, 0.25) is 0 Å². The van der Waals surface area contributed by atoms with Gasteiger partial charge in [-0.2, -0.15) is 10.2 Å². The molecule has 1 atom stereocenters. The number of rotatable bonds is 3. The summed E-state index contributed by atoms with van der Waals surface area (Å²) in [4.78, 5) is 3.58. The van der Waals surface area contributed by atoms with Crippen molar-refractivity contribution in [1.82, 2.24) is 0 Å². The lowest BCUT2D eigenvalue weighted by Crippen LogP contribution is -2.03. The second kappa shape index (κ2) is 5.05. The Balaban J connectivity index is 3.66. The van der Waals surface area contributed by atoms with Crippen LogP contribution in [0.4, 0.5) is 0 Å². The first-order valence-electron chi connectivity index (χ1n) is 3.17. The lowest BCUT2D eigenvalue weighted by Gasteiger charge is -1.95. The van der Waals surface area contributed by atoms with E-state index in [0.29, 0.717) is 0 Å².